The predicted octanol–water partition coefficient (Wildman–Crippen LogP) is 1.34. The second-order valence-electron chi connectivity index (χ2n) is 3.46. The molecule has 0 saturated carbocycles. The Bertz CT molecular complexity index is 338. The lowest BCUT2D eigenvalue weighted by molar-refractivity contribution is 0.0701. The van der Waals surface area contributed by atoms with Crippen LogP contribution in [-0.2, 0) is 5.54 Å². The summed E-state index contributed by atoms with van der Waals surface area (Å²) >= 11 is 1.14. The van der Waals surface area contributed by atoms with Crippen LogP contribution in [0.2, 0.25) is 0 Å². The largest absolute Gasteiger partial charge is 0.477 e. The lowest BCUT2D eigenvalue weighted by atomic mass is 10.1. The Balaban J connectivity index is 3.17. The highest BCUT2D eigenvalue weighted by atomic mass is 32.1. The van der Waals surface area contributed by atoms with Gasteiger partial charge in [-0.2, -0.15) is 0 Å². The van der Waals surface area contributed by atoms with Crippen LogP contribution in [0.3, 0.4) is 0 Å². The number of aromatic nitrogens is 1. The lowest BCUT2D eigenvalue weighted by Crippen LogP contribution is -2.28. The van der Waals surface area contributed by atoms with Crippen LogP contribution in [0.25, 0.3) is 0 Å². The number of aryl methyl sites for hydroxylation is 1. The zero-order valence-electron chi connectivity index (χ0n) is 7.79. The van der Waals surface area contributed by atoms with Gasteiger partial charge in [-0.05, 0) is 20.8 Å². The quantitative estimate of drug-likeness (QED) is 0.755. The molecule has 3 N–H and O–H groups in total. The van der Waals surface area contributed by atoms with Gasteiger partial charge in [0, 0.05) is 0 Å². The summed E-state index contributed by atoms with van der Waals surface area (Å²) in [6.45, 7) is 5.28. The lowest BCUT2D eigenvalue weighted by Gasteiger charge is -2.13. The SMILES string of the molecule is Cc1nc(C(C)(C)N)sc1C(=O)O. The Morgan fingerprint density at radius 3 is 2.38 bits per heavy atom. The smallest absolute Gasteiger partial charge is 0.347 e. The Labute approximate surface area is 80.4 Å². The van der Waals surface area contributed by atoms with E-state index in [2.05, 4.69) is 4.98 Å². The molecule has 0 aromatic carbocycles. The molecule has 1 rings (SSSR count). The molecule has 0 aliphatic carbocycles. The second kappa shape index (κ2) is 3.08. The summed E-state index contributed by atoms with van der Waals surface area (Å²) in [7, 11) is 0. The first-order chi connectivity index (χ1) is 5.82. The molecule has 0 aliphatic rings. The molecule has 0 amide bonds. The summed E-state index contributed by atoms with van der Waals surface area (Å²) in [6.07, 6.45) is 0. The van der Waals surface area contributed by atoms with Crippen LogP contribution in [0, 0.1) is 6.92 Å². The third-order valence-corrected chi connectivity index (χ3v) is 3.03. The van der Waals surface area contributed by atoms with Crippen molar-refractivity contribution in [3.05, 3.63) is 15.6 Å². The van der Waals surface area contributed by atoms with Gasteiger partial charge in [0.1, 0.15) is 9.88 Å². The van der Waals surface area contributed by atoms with Crippen LogP contribution in [0.1, 0.15) is 34.2 Å². The molecular weight excluding hydrogens is 188 g/mol. The molecule has 0 bridgehead atoms. The molecule has 4 nitrogen and oxygen atoms in total. The van der Waals surface area contributed by atoms with Gasteiger partial charge < -0.3 is 10.8 Å². The van der Waals surface area contributed by atoms with Gasteiger partial charge in [-0.15, -0.1) is 11.3 Å². The van der Waals surface area contributed by atoms with Crippen LogP contribution in [-0.4, -0.2) is 16.1 Å². The highest BCUT2D eigenvalue weighted by Gasteiger charge is 2.22. The van der Waals surface area contributed by atoms with E-state index in [-0.39, 0.29) is 4.88 Å². The van der Waals surface area contributed by atoms with Crippen LogP contribution in [0.15, 0.2) is 0 Å². The van der Waals surface area contributed by atoms with E-state index >= 15 is 0 Å². The Hall–Kier alpha value is -0.940. The van der Waals surface area contributed by atoms with Gasteiger partial charge in [0.05, 0.1) is 11.2 Å². The first kappa shape index (κ1) is 10.1. The molecule has 0 spiro atoms. The van der Waals surface area contributed by atoms with Gasteiger partial charge in [0.15, 0.2) is 0 Å². The summed E-state index contributed by atoms with van der Waals surface area (Å²) in [6, 6.07) is 0. The maximum Gasteiger partial charge on any atom is 0.347 e. The van der Waals surface area contributed by atoms with E-state index in [0.717, 1.165) is 11.3 Å². The van der Waals surface area contributed by atoms with Gasteiger partial charge in [-0.25, -0.2) is 9.78 Å². The second-order valence-corrected chi connectivity index (χ2v) is 4.46. The maximum absolute atomic E-state index is 10.7. The van der Waals surface area contributed by atoms with Gasteiger partial charge in [0.2, 0.25) is 0 Å². The van der Waals surface area contributed by atoms with Crippen molar-refractivity contribution in [1.29, 1.82) is 0 Å². The number of carboxylic acid groups (broad SMARTS) is 1. The summed E-state index contributed by atoms with van der Waals surface area (Å²) in [5.74, 6) is -0.939. The molecule has 5 heteroatoms. The van der Waals surface area contributed by atoms with E-state index in [0.29, 0.717) is 10.7 Å². The number of hydrogen-bond donors (Lipinski definition) is 2. The first-order valence-corrected chi connectivity index (χ1v) is 4.64. The number of aromatic carboxylic acids is 1. The standard InChI is InChI=1S/C8H12N2O2S/c1-4-5(6(11)12)13-7(10-4)8(2,3)9/h9H2,1-3H3,(H,11,12). The number of hydrogen-bond acceptors (Lipinski definition) is 4. The van der Waals surface area contributed by atoms with Gasteiger partial charge in [-0.1, -0.05) is 0 Å². The molecule has 1 aromatic heterocycles. The minimum absolute atomic E-state index is 0.272. The minimum atomic E-state index is -0.939. The average molecular weight is 200 g/mol. The van der Waals surface area contributed by atoms with Crippen molar-refractivity contribution in [2.75, 3.05) is 0 Å². The molecular formula is C8H12N2O2S. The Morgan fingerprint density at radius 2 is 2.15 bits per heavy atom. The zero-order chi connectivity index (χ0) is 10.2. The first-order valence-electron chi connectivity index (χ1n) is 3.82. The molecule has 0 fully saturated rings. The number of carboxylic acids is 1. The molecule has 72 valence electrons. The Kier molecular flexibility index (Phi) is 2.40. The van der Waals surface area contributed by atoms with Crippen molar-refractivity contribution in [2.45, 2.75) is 26.3 Å². The number of rotatable bonds is 2. The highest BCUT2D eigenvalue weighted by molar-refractivity contribution is 7.13. The highest BCUT2D eigenvalue weighted by Crippen LogP contribution is 2.25. The van der Waals surface area contributed by atoms with Crippen molar-refractivity contribution >= 4 is 17.3 Å². The van der Waals surface area contributed by atoms with Gasteiger partial charge in [0.25, 0.3) is 0 Å². The fourth-order valence-electron chi connectivity index (χ4n) is 0.870. The Morgan fingerprint density at radius 1 is 1.62 bits per heavy atom. The van der Waals surface area contributed by atoms with E-state index in [1.165, 1.54) is 0 Å². The molecule has 0 aliphatic heterocycles. The number of nitrogens with zero attached hydrogens (tertiary/aromatic N) is 1. The summed E-state index contributed by atoms with van der Waals surface area (Å²) in [5.41, 5.74) is 5.76. The minimum Gasteiger partial charge on any atom is -0.477 e. The topological polar surface area (TPSA) is 76.2 Å². The fraction of sp³-hybridized carbons (Fsp3) is 0.500. The number of carbonyl (C=O) groups is 1. The van der Waals surface area contributed by atoms with Crippen LogP contribution >= 0.6 is 11.3 Å². The average Bonchev–Trinajstić information content (AvgIpc) is 2.29. The van der Waals surface area contributed by atoms with E-state index in [9.17, 15) is 4.79 Å². The van der Waals surface area contributed by atoms with E-state index < -0.39 is 11.5 Å². The molecule has 1 heterocycles. The number of nitrogens with two attached hydrogens (primary N) is 1. The summed E-state index contributed by atoms with van der Waals surface area (Å²) < 4.78 is 0. The molecule has 0 saturated heterocycles. The van der Waals surface area contributed by atoms with Crippen LogP contribution in [0.5, 0.6) is 0 Å². The molecule has 0 radical (unpaired) electrons. The summed E-state index contributed by atoms with van der Waals surface area (Å²) in [4.78, 5) is 15.1. The van der Waals surface area contributed by atoms with Crippen molar-refractivity contribution in [3.8, 4) is 0 Å². The van der Waals surface area contributed by atoms with Gasteiger partial charge >= 0.3 is 5.97 Å². The van der Waals surface area contributed by atoms with E-state index in [1.807, 2.05) is 0 Å². The molecule has 13 heavy (non-hydrogen) atoms. The van der Waals surface area contributed by atoms with Crippen molar-refractivity contribution in [1.82, 2.24) is 4.98 Å². The van der Waals surface area contributed by atoms with E-state index in [4.69, 9.17) is 10.8 Å². The monoisotopic (exact) mass is 200 g/mol. The fourth-order valence-corrected chi connectivity index (χ4v) is 1.79. The number of thiazole rings is 1. The molecule has 0 atom stereocenters. The van der Waals surface area contributed by atoms with Gasteiger partial charge in [-0.3, -0.25) is 0 Å². The van der Waals surface area contributed by atoms with Crippen LogP contribution < -0.4 is 5.73 Å². The van der Waals surface area contributed by atoms with Crippen LogP contribution in [0.4, 0.5) is 0 Å². The maximum atomic E-state index is 10.7. The normalized spacial score (nSPS) is 11.7. The third-order valence-electron chi connectivity index (χ3n) is 1.54. The zero-order valence-corrected chi connectivity index (χ0v) is 8.60. The third kappa shape index (κ3) is 2.05. The molecule has 1 aromatic rings. The van der Waals surface area contributed by atoms with Crippen molar-refractivity contribution in [2.24, 2.45) is 5.73 Å². The summed E-state index contributed by atoms with van der Waals surface area (Å²) in [5, 5.41) is 9.43. The van der Waals surface area contributed by atoms with E-state index in [1.54, 1.807) is 20.8 Å². The predicted molar refractivity (Wildman–Crippen MR) is 51.0 cm³/mol. The van der Waals surface area contributed by atoms with Crippen molar-refractivity contribution in [3.63, 3.8) is 0 Å². The molecule has 0 unspecified atom stereocenters. The van der Waals surface area contributed by atoms with Crippen molar-refractivity contribution < 1.29 is 9.90 Å².